The van der Waals surface area contributed by atoms with Gasteiger partial charge in [0.2, 0.25) is 0 Å². The number of benzene rings is 2. The van der Waals surface area contributed by atoms with Crippen molar-refractivity contribution in [3.8, 4) is 5.75 Å². The smallest absolute Gasteiger partial charge is 0.124 e. The zero-order chi connectivity index (χ0) is 14.0. The van der Waals surface area contributed by atoms with Crippen molar-refractivity contribution < 1.29 is 9.50 Å². The topological polar surface area (TPSA) is 32.3 Å². The van der Waals surface area contributed by atoms with Crippen molar-refractivity contribution in [1.29, 1.82) is 0 Å². The molecule has 0 bridgehead atoms. The molecule has 2 nitrogen and oxygen atoms in total. The van der Waals surface area contributed by atoms with Crippen molar-refractivity contribution in [2.75, 3.05) is 5.32 Å². The van der Waals surface area contributed by atoms with Gasteiger partial charge in [-0.15, -0.1) is 0 Å². The predicted molar refractivity (Wildman–Crippen MR) is 76.3 cm³/mol. The molecule has 2 N–H and O–H groups in total. The Hall–Kier alpha value is -1.74. The monoisotopic (exact) mass is 279 g/mol. The van der Waals surface area contributed by atoms with Crippen LogP contribution in [0.1, 0.15) is 24.1 Å². The Labute approximate surface area is 116 Å². The van der Waals surface area contributed by atoms with E-state index < -0.39 is 0 Å². The minimum atomic E-state index is -0.374. The Morgan fingerprint density at radius 3 is 2.58 bits per heavy atom. The van der Waals surface area contributed by atoms with Crippen molar-refractivity contribution in [1.82, 2.24) is 0 Å². The summed E-state index contributed by atoms with van der Waals surface area (Å²) in [6.45, 7) is 3.82. The zero-order valence-electron chi connectivity index (χ0n) is 10.7. The number of halogens is 2. The molecule has 1 atom stereocenters. The van der Waals surface area contributed by atoms with Gasteiger partial charge in [-0.1, -0.05) is 23.7 Å². The van der Waals surface area contributed by atoms with Gasteiger partial charge in [-0.25, -0.2) is 4.39 Å². The molecule has 19 heavy (non-hydrogen) atoms. The molecule has 100 valence electrons. The molecule has 0 aliphatic carbocycles. The molecule has 2 rings (SSSR count). The van der Waals surface area contributed by atoms with Gasteiger partial charge in [0.25, 0.3) is 0 Å². The molecule has 0 saturated carbocycles. The lowest BCUT2D eigenvalue weighted by Crippen LogP contribution is -2.07. The molecule has 1 unspecified atom stereocenters. The van der Waals surface area contributed by atoms with Crippen LogP contribution in [-0.2, 0) is 0 Å². The largest absolute Gasteiger partial charge is 0.508 e. The fraction of sp³-hybridized carbons (Fsp3) is 0.200. The van der Waals surface area contributed by atoms with E-state index in [0.29, 0.717) is 10.7 Å². The van der Waals surface area contributed by atoms with Gasteiger partial charge in [0.15, 0.2) is 0 Å². The Morgan fingerprint density at radius 1 is 1.21 bits per heavy atom. The predicted octanol–water partition coefficient (Wildman–Crippen LogP) is 4.67. The summed E-state index contributed by atoms with van der Waals surface area (Å²) < 4.78 is 13.0. The fourth-order valence-electron chi connectivity index (χ4n) is 1.94. The first kappa shape index (κ1) is 13.7. The molecule has 0 aliphatic rings. The summed E-state index contributed by atoms with van der Waals surface area (Å²) in [5.74, 6) is -0.139. The molecule has 4 heteroatoms. The van der Waals surface area contributed by atoms with Gasteiger partial charge in [0.05, 0.1) is 16.8 Å². The lowest BCUT2D eigenvalue weighted by Gasteiger charge is -2.18. The van der Waals surface area contributed by atoms with Crippen molar-refractivity contribution in [2.24, 2.45) is 0 Å². The molecule has 0 aromatic heterocycles. The Morgan fingerprint density at radius 2 is 1.95 bits per heavy atom. The van der Waals surface area contributed by atoms with Gasteiger partial charge in [0.1, 0.15) is 11.6 Å². The zero-order valence-corrected chi connectivity index (χ0v) is 11.5. The average Bonchev–Trinajstić information content (AvgIpc) is 2.32. The van der Waals surface area contributed by atoms with Crippen molar-refractivity contribution in [3.05, 3.63) is 58.4 Å². The van der Waals surface area contributed by atoms with E-state index in [4.69, 9.17) is 11.6 Å². The highest BCUT2D eigenvalue weighted by atomic mass is 35.5. The standard InChI is InChI=1S/C15H15ClFNO/c1-9-3-5-12(15(19)7-9)10(2)18-14-6-4-11(17)8-13(14)16/h3-8,10,18-19H,1-2H3. The summed E-state index contributed by atoms with van der Waals surface area (Å²) in [5.41, 5.74) is 2.40. The summed E-state index contributed by atoms with van der Waals surface area (Å²) in [7, 11) is 0. The first-order valence-electron chi connectivity index (χ1n) is 5.98. The lowest BCUT2D eigenvalue weighted by molar-refractivity contribution is 0.465. The Kier molecular flexibility index (Phi) is 3.96. The third kappa shape index (κ3) is 3.18. The molecule has 0 aliphatic heterocycles. The Balaban J connectivity index is 2.23. The third-order valence-electron chi connectivity index (χ3n) is 2.96. The number of hydrogen-bond acceptors (Lipinski definition) is 2. The number of anilines is 1. The molecule has 0 spiro atoms. The summed E-state index contributed by atoms with van der Waals surface area (Å²) in [6, 6.07) is 9.54. The molecule has 0 heterocycles. The first-order chi connectivity index (χ1) is 8.97. The molecule has 0 radical (unpaired) electrons. The Bertz CT molecular complexity index is 601. The van der Waals surface area contributed by atoms with E-state index in [1.54, 1.807) is 12.1 Å². The van der Waals surface area contributed by atoms with Gasteiger partial charge in [-0.05, 0) is 43.7 Å². The van der Waals surface area contributed by atoms with Crippen LogP contribution in [0.3, 0.4) is 0 Å². The van der Waals surface area contributed by atoms with Crippen LogP contribution < -0.4 is 5.32 Å². The fourth-order valence-corrected chi connectivity index (χ4v) is 2.16. The number of phenols is 1. The summed E-state index contributed by atoms with van der Waals surface area (Å²) in [5, 5.41) is 13.4. The maximum atomic E-state index is 13.0. The van der Waals surface area contributed by atoms with Gasteiger partial charge in [0, 0.05) is 5.56 Å². The van der Waals surface area contributed by atoms with Gasteiger partial charge in [-0.2, -0.15) is 0 Å². The number of aromatic hydroxyl groups is 1. The minimum Gasteiger partial charge on any atom is -0.508 e. The van der Waals surface area contributed by atoms with Gasteiger partial charge >= 0.3 is 0 Å². The lowest BCUT2D eigenvalue weighted by atomic mass is 10.0. The van der Waals surface area contributed by atoms with Gasteiger partial charge < -0.3 is 10.4 Å². The average molecular weight is 280 g/mol. The van der Waals surface area contributed by atoms with Crippen LogP contribution in [-0.4, -0.2) is 5.11 Å². The molecule has 0 amide bonds. The van der Waals surface area contributed by atoms with E-state index in [0.717, 1.165) is 11.1 Å². The second-order valence-electron chi connectivity index (χ2n) is 4.55. The number of rotatable bonds is 3. The number of hydrogen-bond donors (Lipinski definition) is 2. The van der Waals surface area contributed by atoms with Gasteiger partial charge in [-0.3, -0.25) is 0 Å². The SMILES string of the molecule is Cc1ccc(C(C)Nc2ccc(F)cc2Cl)c(O)c1. The highest BCUT2D eigenvalue weighted by Crippen LogP contribution is 2.30. The van der Waals surface area contributed by atoms with E-state index in [9.17, 15) is 9.50 Å². The number of phenolic OH excluding ortho intramolecular Hbond substituents is 1. The van der Waals surface area contributed by atoms with E-state index in [2.05, 4.69) is 5.32 Å². The van der Waals surface area contributed by atoms with Crippen LogP contribution in [0, 0.1) is 12.7 Å². The molecule has 2 aromatic rings. The normalized spacial score (nSPS) is 12.2. The van der Waals surface area contributed by atoms with E-state index in [1.807, 2.05) is 26.0 Å². The van der Waals surface area contributed by atoms with Crippen LogP contribution in [0.2, 0.25) is 5.02 Å². The van der Waals surface area contributed by atoms with E-state index >= 15 is 0 Å². The maximum absolute atomic E-state index is 13.0. The summed E-state index contributed by atoms with van der Waals surface area (Å²) in [4.78, 5) is 0. The first-order valence-corrected chi connectivity index (χ1v) is 6.36. The molecule has 2 aromatic carbocycles. The van der Waals surface area contributed by atoms with Crippen LogP contribution in [0.5, 0.6) is 5.75 Å². The van der Waals surface area contributed by atoms with E-state index in [-0.39, 0.29) is 17.6 Å². The third-order valence-corrected chi connectivity index (χ3v) is 3.27. The minimum absolute atomic E-state index is 0.136. The van der Waals surface area contributed by atoms with Crippen molar-refractivity contribution in [2.45, 2.75) is 19.9 Å². The van der Waals surface area contributed by atoms with Crippen molar-refractivity contribution in [3.63, 3.8) is 0 Å². The van der Waals surface area contributed by atoms with Crippen LogP contribution in [0.15, 0.2) is 36.4 Å². The second kappa shape index (κ2) is 5.49. The molecule has 0 fully saturated rings. The summed E-state index contributed by atoms with van der Waals surface area (Å²) >= 11 is 5.96. The maximum Gasteiger partial charge on any atom is 0.124 e. The van der Waals surface area contributed by atoms with Crippen LogP contribution in [0.25, 0.3) is 0 Å². The highest BCUT2D eigenvalue weighted by molar-refractivity contribution is 6.33. The summed E-state index contributed by atoms with van der Waals surface area (Å²) in [6.07, 6.45) is 0. The number of aryl methyl sites for hydroxylation is 1. The van der Waals surface area contributed by atoms with Crippen molar-refractivity contribution >= 4 is 17.3 Å². The molecular weight excluding hydrogens is 265 g/mol. The number of nitrogens with one attached hydrogen (secondary N) is 1. The highest BCUT2D eigenvalue weighted by Gasteiger charge is 2.12. The molecule has 0 saturated heterocycles. The second-order valence-corrected chi connectivity index (χ2v) is 4.96. The van der Waals surface area contributed by atoms with E-state index in [1.165, 1.54) is 12.1 Å². The van der Waals surface area contributed by atoms with Crippen LogP contribution >= 0.6 is 11.6 Å². The quantitative estimate of drug-likeness (QED) is 0.856. The molecular formula is C15H15ClFNO. The van der Waals surface area contributed by atoms with Crippen LogP contribution in [0.4, 0.5) is 10.1 Å².